The molecule has 0 saturated carbocycles. The van der Waals surface area contributed by atoms with Gasteiger partial charge in [0.1, 0.15) is 5.82 Å². The van der Waals surface area contributed by atoms with Crippen LogP contribution in [0.25, 0.3) is 0 Å². The Bertz CT molecular complexity index is 652. The lowest BCUT2D eigenvalue weighted by Gasteiger charge is -2.29. The van der Waals surface area contributed by atoms with Crippen LogP contribution in [-0.2, 0) is 14.6 Å². The third-order valence-corrected chi connectivity index (χ3v) is 5.99. The lowest BCUT2D eigenvalue weighted by atomic mass is 10.00. The van der Waals surface area contributed by atoms with Crippen LogP contribution in [0.15, 0.2) is 29.2 Å². The Hall–Kier alpha value is -1.18. The van der Waals surface area contributed by atoms with Crippen molar-refractivity contribution in [2.75, 3.05) is 12.3 Å². The minimum Gasteiger partial charge on any atom is -0.353 e. The van der Waals surface area contributed by atoms with Crippen LogP contribution < -0.4 is 10.6 Å². The van der Waals surface area contributed by atoms with E-state index in [0.29, 0.717) is 6.04 Å². The maximum Gasteiger partial charge on any atom is 0.224 e. The highest BCUT2D eigenvalue weighted by atomic mass is 35.5. The van der Waals surface area contributed by atoms with Crippen LogP contribution in [0.4, 0.5) is 4.39 Å². The number of nitrogens with one attached hydrogen (secondary N) is 2. The first-order chi connectivity index (χ1) is 10.8. The largest absolute Gasteiger partial charge is 0.353 e. The summed E-state index contributed by atoms with van der Waals surface area (Å²) in [6.45, 7) is 4.50. The van der Waals surface area contributed by atoms with Crippen LogP contribution in [-0.4, -0.2) is 38.7 Å². The van der Waals surface area contributed by atoms with Gasteiger partial charge in [0.05, 0.1) is 10.6 Å². The van der Waals surface area contributed by atoms with Crippen molar-refractivity contribution in [3.8, 4) is 0 Å². The first kappa shape index (κ1) is 20.9. The highest BCUT2D eigenvalue weighted by Gasteiger charge is 2.26. The van der Waals surface area contributed by atoms with Gasteiger partial charge in [0.15, 0.2) is 9.84 Å². The zero-order chi connectivity index (χ0) is 17.0. The molecule has 0 aromatic heterocycles. The van der Waals surface area contributed by atoms with Crippen molar-refractivity contribution >= 4 is 28.2 Å². The molecule has 1 aliphatic rings. The van der Waals surface area contributed by atoms with Gasteiger partial charge in [-0.3, -0.25) is 4.79 Å². The fourth-order valence-corrected chi connectivity index (χ4v) is 4.30. The molecule has 2 rings (SSSR count). The third kappa shape index (κ3) is 5.72. The molecule has 1 aromatic rings. The Kier molecular flexibility index (Phi) is 7.63. The monoisotopic (exact) mass is 378 g/mol. The summed E-state index contributed by atoms with van der Waals surface area (Å²) >= 11 is 0. The van der Waals surface area contributed by atoms with E-state index >= 15 is 0 Å². The lowest BCUT2D eigenvalue weighted by Crippen LogP contribution is -2.48. The molecule has 24 heavy (non-hydrogen) atoms. The van der Waals surface area contributed by atoms with Crippen LogP contribution in [0.1, 0.15) is 26.7 Å². The fraction of sp³-hybridized carbons (Fsp3) is 0.562. The zero-order valence-corrected chi connectivity index (χ0v) is 15.4. The van der Waals surface area contributed by atoms with Crippen molar-refractivity contribution in [3.05, 3.63) is 30.1 Å². The number of benzene rings is 1. The summed E-state index contributed by atoms with van der Waals surface area (Å²) in [5.74, 6) is -1.69. The number of piperidine rings is 1. The Morgan fingerprint density at radius 3 is 2.58 bits per heavy atom. The molecule has 0 bridgehead atoms. The van der Waals surface area contributed by atoms with Crippen molar-refractivity contribution in [3.63, 3.8) is 0 Å². The van der Waals surface area contributed by atoms with Gasteiger partial charge in [0.2, 0.25) is 5.91 Å². The first-order valence-corrected chi connectivity index (χ1v) is 9.45. The maximum atomic E-state index is 12.9. The third-order valence-electron chi connectivity index (χ3n) is 4.06. The van der Waals surface area contributed by atoms with Crippen molar-refractivity contribution < 1.29 is 17.6 Å². The standard InChI is InChI=1S/C16H23FN2O3S.ClH/c1-11(16(20)19-14-7-8-18-12(2)9-14)10-23(21,22)15-5-3-13(17)4-6-15;/h3-6,11-12,14,18H,7-10H2,1-2H3,(H,19,20);1H. The summed E-state index contributed by atoms with van der Waals surface area (Å²) in [4.78, 5) is 12.3. The molecule has 3 atom stereocenters. The van der Waals surface area contributed by atoms with Crippen molar-refractivity contribution in [1.82, 2.24) is 10.6 Å². The zero-order valence-electron chi connectivity index (χ0n) is 13.8. The molecule has 2 N–H and O–H groups in total. The number of carbonyl (C=O) groups is 1. The van der Waals surface area contributed by atoms with Gasteiger partial charge in [-0.2, -0.15) is 0 Å². The van der Waals surface area contributed by atoms with E-state index in [4.69, 9.17) is 0 Å². The van der Waals surface area contributed by atoms with E-state index in [2.05, 4.69) is 17.6 Å². The number of hydrogen-bond donors (Lipinski definition) is 2. The summed E-state index contributed by atoms with van der Waals surface area (Å²) in [7, 11) is -3.61. The van der Waals surface area contributed by atoms with E-state index in [0.717, 1.165) is 31.5 Å². The van der Waals surface area contributed by atoms with Gasteiger partial charge in [0, 0.05) is 18.0 Å². The molecule has 8 heteroatoms. The van der Waals surface area contributed by atoms with Gasteiger partial charge in [-0.25, -0.2) is 12.8 Å². The summed E-state index contributed by atoms with van der Waals surface area (Å²) in [5, 5.41) is 6.23. The smallest absolute Gasteiger partial charge is 0.224 e. The van der Waals surface area contributed by atoms with Crippen molar-refractivity contribution in [2.45, 2.75) is 43.7 Å². The average Bonchev–Trinajstić information content (AvgIpc) is 2.47. The van der Waals surface area contributed by atoms with Gasteiger partial charge in [-0.15, -0.1) is 12.4 Å². The van der Waals surface area contributed by atoms with Gasteiger partial charge >= 0.3 is 0 Å². The number of rotatable bonds is 5. The SMILES string of the molecule is CC1CC(NC(=O)C(C)CS(=O)(=O)c2ccc(F)cc2)CCN1.Cl. The minimum atomic E-state index is -3.61. The van der Waals surface area contributed by atoms with Gasteiger partial charge in [-0.1, -0.05) is 6.92 Å². The van der Waals surface area contributed by atoms with E-state index < -0.39 is 21.6 Å². The number of carbonyl (C=O) groups excluding carboxylic acids is 1. The summed E-state index contributed by atoms with van der Waals surface area (Å²) < 4.78 is 37.5. The molecule has 1 aliphatic heterocycles. The van der Waals surface area contributed by atoms with Crippen molar-refractivity contribution in [2.24, 2.45) is 5.92 Å². The van der Waals surface area contributed by atoms with E-state index in [-0.39, 0.29) is 35.0 Å². The molecular formula is C16H24ClFN2O3S. The predicted octanol–water partition coefficient (Wildman–Crippen LogP) is 1.91. The number of hydrogen-bond acceptors (Lipinski definition) is 4. The van der Waals surface area contributed by atoms with Gasteiger partial charge < -0.3 is 10.6 Å². The Morgan fingerprint density at radius 2 is 2.00 bits per heavy atom. The van der Waals surface area contributed by atoms with Gasteiger partial charge in [0.25, 0.3) is 0 Å². The molecule has 1 heterocycles. The average molecular weight is 379 g/mol. The minimum absolute atomic E-state index is 0. The Balaban J connectivity index is 0.00000288. The topological polar surface area (TPSA) is 75.3 Å². The normalized spacial score (nSPS) is 22.3. The molecule has 5 nitrogen and oxygen atoms in total. The highest BCUT2D eigenvalue weighted by Crippen LogP contribution is 2.16. The second-order valence-corrected chi connectivity index (χ2v) is 8.26. The fourth-order valence-electron chi connectivity index (χ4n) is 2.75. The van der Waals surface area contributed by atoms with Crippen molar-refractivity contribution in [1.29, 1.82) is 0 Å². The molecule has 0 radical (unpaired) electrons. The molecule has 1 fully saturated rings. The summed E-state index contributed by atoms with van der Waals surface area (Å²) in [6.07, 6.45) is 1.68. The van der Waals surface area contributed by atoms with E-state index in [9.17, 15) is 17.6 Å². The Morgan fingerprint density at radius 1 is 1.38 bits per heavy atom. The summed E-state index contributed by atoms with van der Waals surface area (Å²) in [6, 6.07) is 5.08. The Labute approximate surface area is 148 Å². The molecule has 1 amide bonds. The van der Waals surface area contributed by atoms with Crippen LogP contribution >= 0.6 is 12.4 Å². The van der Waals surface area contributed by atoms with Crippen LogP contribution in [0.2, 0.25) is 0 Å². The van der Waals surface area contributed by atoms with Crippen LogP contribution in [0, 0.1) is 11.7 Å². The number of halogens is 2. The molecule has 0 aliphatic carbocycles. The molecule has 1 saturated heterocycles. The van der Waals surface area contributed by atoms with Crippen LogP contribution in [0.5, 0.6) is 0 Å². The second kappa shape index (κ2) is 8.78. The lowest BCUT2D eigenvalue weighted by molar-refractivity contribution is -0.124. The number of sulfone groups is 1. The van der Waals surface area contributed by atoms with E-state index in [1.165, 1.54) is 12.1 Å². The van der Waals surface area contributed by atoms with E-state index in [1.807, 2.05) is 0 Å². The molecular weight excluding hydrogens is 355 g/mol. The molecule has 0 spiro atoms. The summed E-state index contributed by atoms with van der Waals surface area (Å²) in [5.41, 5.74) is 0. The van der Waals surface area contributed by atoms with Crippen LogP contribution in [0.3, 0.4) is 0 Å². The highest BCUT2D eigenvalue weighted by molar-refractivity contribution is 7.91. The van der Waals surface area contributed by atoms with E-state index in [1.54, 1.807) is 6.92 Å². The van der Waals surface area contributed by atoms with Gasteiger partial charge in [-0.05, 0) is 50.6 Å². The number of amides is 1. The first-order valence-electron chi connectivity index (χ1n) is 7.80. The second-order valence-electron chi connectivity index (χ2n) is 6.22. The maximum absolute atomic E-state index is 12.9. The quantitative estimate of drug-likeness (QED) is 0.767. The molecule has 3 unspecified atom stereocenters. The molecule has 136 valence electrons. The predicted molar refractivity (Wildman–Crippen MR) is 93.5 cm³/mol. The molecule has 1 aromatic carbocycles.